The topological polar surface area (TPSA) is 72.8 Å². The molecule has 0 fully saturated rings. The Labute approximate surface area is 115 Å². The van der Waals surface area contributed by atoms with Crippen molar-refractivity contribution in [2.24, 2.45) is 5.92 Å². The third-order valence-electron chi connectivity index (χ3n) is 2.95. The van der Waals surface area contributed by atoms with Crippen molar-refractivity contribution in [1.82, 2.24) is 0 Å². The molecular weight excluding hydrogens is 272 g/mol. The fraction of sp³-hybridized carbons (Fsp3) is 0.385. The highest BCUT2D eigenvalue weighted by molar-refractivity contribution is 6.32. The zero-order valence-electron chi connectivity index (χ0n) is 10.3. The van der Waals surface area contributed by atoms with Crippen LogP contribution in [0.4, 0.5) is 0 Å². The van der Waals surface area contributed by atoms with Crippen LogP contribution in [0, 0.1) is 5.92 Å². The molecule has 1 aliphatic rings. The van der Waals surface area contributed by atoms with Gasteiger partial charge in [0.05, 0.1) is 11.5 Å². The van der Waals surface area contributed by atoms with E-state index >= 15 is 0 Å². The summed E-state index contributed by atoms with van der Waals surface area (Å²) >= 11 is 6.11. The van der Waals surface area contributed by atoms with Crippen LogP contribution in [0.5, 0.6) is 11.5 Å². The molecule has 0 saturated carbocycles. The van der Waals surface area contributed by atoms with Crippen molar-refractivity contribution in [3.8, 4) is 11.5 Å². The third-order valence-corrected chi connectivity index (χ3v) is 3.29. The quantitative estimate of drug-likeness (QED) is 0.858. The lowest BCUT2D eigenvalue weighted by Crippen LogP contribution is -2.20. The van der Waals surface area contributed by atoms with Gasteiger partial charge in [0.1, 0.15) is 13.2 Å². The maximum absolute atomic E-state index is 11.0. The van der Waals surface area contributed by atoms with E-state index in [0.717, 1.165) is 0 Å². The number of carboxylic acid groups (broad SMARTS) is 1. The van der Waals surface area contributed by atoms with Gasteiger partial charge in [0.15, 0.2) is 17.8 Å². The molecule has 0 aromatic heterocycles. The average Bonchev–Trinajstić information content (AvgIpc) is 2.41. The van der Waals surface area contributed by atoms with Crippen molar-refractivity contribution in [3.63, 3.8) is 0 Å². The SMILES string of the molecule is CC(Cc1c(Cl)cc(C=O)c2c1OCCO2)C(=O)O. The molecule has 0 radical (unpaired) electrons. The molecule has 0 amide bonds. The first-order chi connectivity index (χ1) is 9.04. The van der Waals surface area contributed by atoms with Crippen molar-refractivity contribution in [2.75, 3.05) is 13.2 Å². The van der Waals surface area contributed by atoms with Crippen LogP contribution in [0.15, 0.2) is 6.07 Å². The van der Waals surface area contributed by atoms with Gasteiger partial charge >= 0.3 is 5.97 Å². The Morgan fingerprint density at radius 1 is 1.47 bits per heavy atom. The minimum absolute atomic E-state index is 0.221. The number of carbonyl (C=O) groups excluding carboxylic acids is 1. The molecule has 0 aliphatic carbocycles. The molecule has 1 aromatic carbocycles. The van der Waals surface area contributed by atoms with Gasteiger partial charge in [0, 0.05) is 10.6 Å². The molecule has 1 atom stereocenters. The molecule has 5 nitrogen and oxygen atoms in total. The molecule has 0 bridgehead atoms. The first kappa shape index (κ1) is 13.7. The fourth-order valence-electron chi connectivity index (χ4n) is 1.93. The van der Waals surface area contributed by atoms with Crippen molar-refractivity contribution < 1.29 is 24.2 Å². The van der Waals surface area contributed by atoms with Gasteiger partial charge in [-0.1, -0.05) is 18.5 Å². The molecule has 1 heterocycles. The number of aliphatic carboxylic acids is 1. The van der Waals surface area contributed by atoms with Gasteiger partial charge in [-0.2, -0.15) is 0 Å². The summed E-state index contributed by atoms with van der Waals surface area (Å²) in [5.41, 5.74) is 0.878. The maximum atomic E-state index is 11.0. The molecule has 102 valence electrons. The number of carboxylic acids is 1. The van der Waals surface area contributed by atoms with Gasteiger partial charge in [-0.25, -0.2) is 0 Å². The lowest BCUT2D eigenvalue weighted by atomic mass is 9.98. The van der Waals surface area contributed by atoms with Crippen molar-refractivity contribution in [1.29, 1.82) is 0 Å². The van der Waals surface area contributed by atoms with Gasteiger partial charge in [0.25, 0.3) is 0 Å². The van der Waals surface area contributed by atoms with Gasteiger partial charge in [0.2, 0.25) is 0 Å². The summed E-state index contributed by atoms with van der Waals surface area (Å²) in [5.74, 6) is -0.789. The molecule has 1 unspecified atom stereocenters. The highest BCUT2D eigenvalue weighted by Gasteiger charge is 2.25. The molecule has 1 N–H and O–H groups in total. The zero-order valence-corrected chi connectivity index (χ0v) is 11.1. The monoisotopic (exact) mass is 284 g/mol. The minimum Gasteiger partial charge on any atom is -0.486 e. The van der Waals surface area contributed by atoms with Crippen LogP contribution < -0.4 is 9.47 Å². The number of carbonyl (C=O) groups is 2. The summed E-state index contributed by atoms with van der Waals surface area (Å²) in [4.78, 5) is 21.9. The van der Waals surface area contributed by atoms with Crippen molar-refractivity contribution in [3.05, 3.63) is 22.2 Å². The van der Waals surface area contributed by atoms with E-state index in [1.807, 2.05) is 0 Å². The number of aldehydes is 1. The minimum atomic E-state index is -0.916. The summed E-state index contributed by atoms with van der Waals surface area (Å²) in [6, 6.07) is 1.48. The maximum Gasteiger partial charge on any atom is 0.306 e. The third kappa shape index (κ3) is 2.66. The van der Waals surface area contributed by atoms with E-state index in [1.165, 1.54) is 6.07 Å². The Morgan fingerprint density at radius 2 is 2.11 bits per heavy atom. The second kappa shape index (κ2) is 5.48. The van der Waals surface area contributed by atoms with E-state index in [1.54, 1.807) is 6.92 Å². The predicted molar refractivity (Wildman–Crippen MR) is 68.3 cm³/mol. The lowest BCUT2D eigenvalue weighted by molar-refractivity contribution is -0.141. The van der Waals surface area contributed by atoms with Crippen LogP contribution in [-0.4, -0.2) is 30.6 Å². The lowest BCUT2D eigenvalue weighted by Gasteiger charge is -2.24. The van der Waals surface area contributed by atoms with Gasteiger partial charge in [-0.3, -0.25) is 9.59 Å². The van der Waals surface area contributed by atoms with E-state index in [9.17, 15) is 9.59 Å². The summed E-state index contributed by atoms with van der Waals surface area (Å²) < 4.78 is 10.9. The van der Waals surface area contributed by atoms with E-state index < -0.39 is 11.9 Å². The second-order valence-corrected chi connectivity index (χ2v) is 4.75. The van der Waals surface area contributed by atoms with E-state index in [-0.39, 0.29) is 6.42 Å². The molecule has 2 rings (SSSR count). The molecule has 0 saturated heterocycles. The summed E-state index contributed by atoms with van der Waals surface area (Å²) in [7, 11) is 0. The molecular formula is C13H13ClO5. The predicted octanol–water partition coefficient (Wildman–Crippen LogP) is 2.19. The first-order valence-electron chi connectivity index (χ1n) is 5.83. The summed E-state index contributed by atoms with van der Waals surface area (Å²) in [6.07, 6.45) is 0.864. The zero-order chi connectivity index (χ0) is 14.0. The number of halogens is 1. The van der Waals surface area contributed by atoms with Crippen LogP contribution in [0.1, 0.15) is 22.8 Å². The van der Waals surface area contributed by atoms with Crippen LogP contribution in [0.3, 0.4) is 0 Å². The van der Waals surface area contributed by atoms with Crippen molar-refractivity contribution >= 4 is 23.9 Å². The Morgan fingerprint density at radius 3 is 2.68 bits per heavy atom. The van der Waals surface area contributed by atoms with Gasteiger partial charge in [-0.05, 0) is 12.5 Å². The molecule has 0 spiro atoms. The highest BCUT2D eigenvalue weighted by atomic mass is 35.5. The normalized spacial score (nSPS) is 14.8. The number of rotatable bonds is 4. The van der Waals surface area contributed by atoms with E-state index in [2.05, 4.69) is 0 Å². The number of ether oxygens (including phenoxy) is 2. The average molecular weight is 285 g/mol. The standard InChI is InChI=1S/C13H13ClO5/c1-7(13(16)17)4-9-10(14)5-8(6-15)11-12(9)19-3-2-18-11/h5-7H,2-4H2,1H3,(H,16,17). The number of fused-ring (bicyclic) bond motifs is 1. The van der Waals surface area contributed by atoms with Crippen LogP contribution >= 0.6 is 11.6 Å². The Balaban J connectivity index is 2.48. The molecule has 6 heteroatoms. The molecule has 19 heavy (non-hydrogen) atoms. The second-order valence-electron chi connectivity index (χ2n) is 4.34. The number of hydrogen-bond donors (Lipinski definition) is 1. The Kier molecular flexibility index (Phi) is 3.95. The Bertz CT molecular complexity index is 526. The number of hydrogen-bond acceptors (Lipinski definition) is 4. The van der Waals surface area contributed by atoms with Crippen molar-refractivity contribution in [2.45, 2.75) is 13.3 Å². The molecule has 1 aromatic rings. The number of benzene rings is 1. The summed E-state index contributed by atoms with van der Waals surface area (Å²) in [6.45, 7) is 2.28. The van der Waals surface area contributed by atoms with Crippen LogP contribution in [0.25, 0.3) is 0 Å². The van der Waals surface area contributed by atoms with Crippen LogP contribution in [0.2, 0.25) is 5.02 Å². The van der Waals surface area contributed by atoms with Crippen LogP contribution in [-0.2, 0) is 11.2 Å². The fourth-order valence-corrected chi connectivity index (χ4v) is 2.21. The largest absolute Gasteiger partial charge is 0.486 e. The smallest absolute Gasteiger partial charge is 0.306 e. The Hall–Kier alpha value is -1.75. The first-order valence-corrected chi connectivity index (χ1v) is 6.21. The molecule has 1 aliphatic heterocycles. The highest BCUT2D eigenvalue weighted by Crippen LogP contribution is 2.41. The summed E-state index contributed by atoms with van der Waals surface area (Å²) in [5, 5.41) is 9.29. The van der Waals surface area contributed by atoms with Gasteiger partial charge in [-0.15, -0.1) is 0 Å². The van der Waals surface area contributed by atoms with E-state index in [0.29, 0.717) is 47.1 Å². The van der Waals surface area contributed by atoms with Gasteiger partial charge < -0.3 is 14.6 Å². The van der Waals surface area contributed by atoms with E-state index in [4.69, 9.17) is 26.2 Å².